The fraction of sp³-hybridized carbons (Fsp3) is 0.214. The standard InChI is InChI=1S/C14H12FNO2/c15-9-3-1-2-8(6-9)10-4-5-12-11(10)7-13(16-12)14(17)18/h1-3,6-7,10,16H,4-5H2,(H,17,18). The maximum Gasteiger partial charge on any atom is 0.352 e. The highest BCUT2D eigenvalue weighted by molar-refractivity contribution is 5.86. The van der Waals surface area contributed by atoms with Crippen LogP contribution in [0.25, 0.3) is 0 Å². The van der Waals surface area contributed by atoms with Gasteiger partial charge in [0.15, 0.2) is 0 Å². The molecule has 92 valence electrons. The minimum Gasteiger partial charge on any atom is -0.477 e. The number of aromatic nitrogens is 1. The van der Waals surface area contributed by atoms with E-state index in [1.54, 1.807) is 12.1 Å². The van der Waals surface area contributed by atoms with Crippen molar-refractivity contribution in [3.63, 3.8) is 0 Å². The lowest BCUT2D eigenvalue weighted by molar-refractivity contribution is 0.0691. The molecule has 1 aliphatic rings. The third-order valence-corrected chi connectivity index (χ3v) is 3.47. The Morgan fingerprint density at radius 1 is 1.39 bits per heavy atom. The Labute approximate surface area is 103 Å². The van der Waals surface area contributed by atoms with E-state index in [0.29, 0.717) is 0 Å². The van der Waals surface area contributed by atoms with Gasteiger partial charge in [-0.15, -0.1) is 0 Å². The van der Waals surface area contributed by atoms with Gasteiger partial charge in [-0.3, -0.25) is 0 Å². The maximum absolute atomic E-state index is 13.2. The van der Waals surface area contributed by atoms with Crippen LogP contribution in [0.1, 0.15) is 39.6 Å². The monoisotopic (exact) mass is 245 g/mol. The van der Waals surface area contributed by atoms with Gasteiger partial charge in [0.2, 0.25) is 0 Å². The maximum atomic E-state index is 13.2. The van der Waals surface area contributed by atoms with Crippen LogP contribution in [0.3, 0.4) is 0 Å². The van der Waals surface area contributed by atoms with Crippen LogP contribution in [0.2, 0.25) is 0 Å². The number of halogens is 1. The second-order valence-electron chi connectivity index (χ2n) is 4.57. The highest BCUT2D eigenvalue weighted by atomic mass is 19.1. The molecule has 0 bridgehead atoms. The molecule has 4 heteroatoms. The van der Waals surface area contributed by atoms with Crippen molar-refractivity contribution in [2.75, 3.05) is 0 Å². The highest BCUT2D eigenvalue weighted by Crippen LogP contribution is 2.38. The van der Waals surface area contributed by atoms with Crippen LogP contribution in [0.5, 0.6) is 0 Å². The number of nitrogens with one attached hydrogen (secondary N) is 1. The summed E-state index contributed by atoms with van der Waals surface area (Å²) in [5, 5.41) is 8.95. The van der Waals surface area contributed by atoms with Gasteiger partial charge in [-0.2, -0.15) is 0 Å². The number of hydrogen-bond acceptors (Lipinski definition) is 1. The minimum atomic E-state index is -0.956. The van der Waals surface area contributed by atoms with Gasteiger partial charge in [-0.05, 0) is 42.2 Å². The van der Waals surface area contributed by atoms with Crippen molar-refractivity contribution >= 4 is 5.97 Å². The summed E-state index contributed by atoms with van der Waals surface area (Å²) in [7, 11) is 0. The number of carboxylic acid groups (broad SMARTS) is 1. The zero-order chi connectivity index (χ0) is 12.7. The quantitative estimate of drug-likeness (QED) is 0.854. The third-order valence-electron chi connectivity index (χ3n) is 3.47. The van der Waals surface area contributed by atoms with E-state index in [0.717, 1.165) is 29.7 Å². The lowest BCUT2D eigenvalue weighted by atomic mass is 9.94. The molecule has 2 N–H and O–H groups in total. The zero-order valence-corrected chi connectivity index (χ0v) is 9.61. The van der Waals surface area contributed by atoms with Crippen LogP contribution in [0, 0.1) is 5.82 Å². The molecular formula is C14H12FNO2. The van der Waals surface area contributed by atoms with Crippen molar-refractivity contribution < 1.29 is 14.3 Å². The number of fused-ring (bicyclic) bond motifs is 1. The van der Waals surface area contributed by atoms with E-state index in [-0.39, 0.29) is 17.4 Å². The summed E-state index contributed by atoms with van der Waals surface area (Å²) in [5.74, 6) is -1.11. The van der Waals surface area contributed by atoms with Crippen LogP contribution in [-0.2, 0) is 6.42 Å². The van der Waals surface area contributed by atoms with E-state index < -0.39 is 5.97 Å². The van der Waals surface area contributed by atoms with Gasteiger partial charge in [-0.25, -0.2) is 9.18 Å². The number of hydrogen-bond donors (Lipinski definition) is 2. The normalized spacial score (nSPS) is 17.7. The molecule has 1 unspecified atom stereocenters. The van der Waals surface area contributed by atoms with Crippen molar-refractivity contribution in [1.29, 1.82) is 0 Å². The van der Waals surface area contributed by atoms with Gasteiger partial charge in [0.1, 0.15) is 11.5 Å². The Bertz CT molecular complexity index is 618. The fourth-order valence-corrected chi connectivity index (χ4v) is 2.66. The van der Waals surface area contributed by atoms with Crippen LogP contribution < -0.4 is 0 Å². The molecule has 1 heterocycles. The molecule has 0 saturated carbocycles. The summed E-state index contributed by atoms with van der Waals surface area (Å²) in [5.41, 5.74) is 3.06. The Hall–Kier alpha value is -2.10. The third kappa shape index (κ3) is 1.70. The molecule has 18 heavy (non-hydrogen) atoms. The van der Waals surface area contributed by atoms with E-state index >= 15 is 0 Å². The van der Waals surface area contributed by atoms with Crippen molar-refractivity contribution in [3.8, 4) is 0 Å². The summed E-state index contributed by atoms with van der Waals surface area (Å²) < 4.78 is 13.2. The molecule has 3 nitrogen and oxygen atoms in total. The van der Waals surface area contributed by atoms with Gasteiger partial charge < -0.3 is 10.1 Å². The topological polar surface area (TPSA) is 53.1 Å². The highest BCUT2D eigenvalue weighted by Gasteiger charge is 2.27. The summed E-state index contributed by atoms with van der Waals surface area (Å²) >= 11 is 0. The molecule has 1 aromatic carbocycles. The molecule has 0 spiro atoms. The summed E-state index contributed by atoms with van der Waals surface area (Å²) in [6, 6.07) is 8.18. The van der Waals surface area contributed by atoms with Gasteiger partial charge >= 0.3 is 5.97 Å². The Morgan fingerprint density at radius 2 is 2.22 bits per heavy atom. The molecule has 1 aromatic heterocycles. The van der Waals surface area contributed by atoms with Crippen molar-refractivity contribution in [2.45, 2.75) is 18.8 Å². The second kappa shape index (κ2) is 3.98. The van der Waals surface area contributed by atoms with Gasteiger partial charge in [0, 0.05) is 11.6 Å². The number of benzene rings is 1. The number of rotatable bonds is 2. The summed E-state index contributed by atoms with van der Waals surface area (Å²) in [4.78, 5) is 13.8. The van der Waals surface area contributed by atoms with Crippen LogP contribution in [-0.4, -0.2) is 16.1 Å². The predicted molar refractivity (Wildman–Crippen MR) is 64.3 cm³/mol. The molecule has 1 atom stereocenters. The van der Waals surface area contributed by atoms with Crippen LogP contribution in [0.15, 0.2) is 30.3 Å². The largest absolute Gasteiger partial charge is 0.477 e. The van der Waals surface area contributed by atoms with E-state index in [9.17, 15) is 9.18 Å². The lowest BCUT2D eigenvalue weighted by Gasteiger charge is -2.10. The van der Waals surface area contributed by atoms with Gasteiger partial charge in [0.05, 0.1) is 0 Å². The number of aromatic carboxylic acids is 1. The van der Waals surface area contributed by atoms with Gasteiger partial charge in [0.25, 0.3) is 0 Å². The first-order valence-electron chi connectivity index (χ1n) is 5.85. The zero-order valence-electron chi connectivity index (χ0n) is 9.61. The molecule has 0 radical (unpaired) electrons. The van der Waals surface area contributed by atoms with Gasteiger partial charge in [-0.1, -0.05) is 12.1 Å². The van der Waals surface area contributed by atoms with Crippen LogP contribution in [0.4, 0.5) is 4.39 Å². The van der Waals surface area contributed by atoms with E-state index in [1.165, 1.54) is 12.1 Å². The lowest BCUT2D eigenvalue weighted by Crippen LogP contribution is -1.98. The molecule has 0 aliphatic heterocycles. The number of carboxylic acids is 1. The molecule has 3 rings (SSSR count). The number of H-pyrrole nitrogens is 1. The SMILES string of the molecule is O=C(O)c1cc2c([nH]1)CCC2c1cccc(F)c1. The molecule has 0 amide bonds. The summed E-state index contributed by atoms with van der Waals surface area (Å²) in [6.45, 7) is 0. The number of carbonyl (C=O) groups is 1. The van der Waals surface area contributed by atoms with Crippen LogP contribution >= 0.6 is 0 Å². The molecule has 0 saturated heterocycles. The predicted octanol–water partition coefficient (Wildman–Crippen LogP) is 2.93. The smallest absolute Gasteiger partial charge is 0.352 e. The van der Waals surface area contributed by atoms with Crippen molar-refractivity contribution in [3.05, 3.63) is 58.7 Å². The number of aromatic amines is 1. The Kier molecular flexibility index (Phi) is 2.44. The first kappa shape index (κ1) is 11.0. The average molecular weight is 245 g/mol. The Morgan fingerprint density at radius 3 is 2.94 bits per heavy atom. The number of aryl methyl sites for hydroxylation is 1. The van der Waals surface area contributed by atoms with E-state index in [4.69, 9.17) is 5.11 Å². The summed E-state index contributed by atoms with van der Waals surface area (Å²) in [6.07, 6.45) is 1.70. The molecular weight excluding hydrogens is 233 g/mol. The van der Waals surface area contributed by atoms with Crippen molar-refractivity contribution in [1.82, 2.24) is 4.98 Å². The Balaban J connectivity index is 2.01. The van der Waals surface area contributed by atoms with E-state index in [2.05, 4.69) is 4.98 Å². The van der Waals surface area contributed by atoms with Crippen molar-refractivity contribution in [2.24, 2.45) is 0 Å². The molecule has 1 aliphatic carbocycles. The molecule has 2 aromatic rings. The first-order valence-corrected chi connectivity index (χ1v) is 5.85. The fourth-order valence-electron chi connectivity index (χ4n) is 2.66. The van der Waals surface area contributed by atoms with E-state index in [1.807, 2.05) is 6.07 Å². The first-order chi connectivity index (χ1) is 8.65. The minimum absolute atomic E-state index is 0.0973. The second-order valence-corrected chi connectivity index (χ2v) is 4.57. The average Bonchev–Trinajstić information content (AvgIpc) is 2.87. The molecule has 0 fully saturated rings.